The summed E-state index contributed by atoms with van der Waals surface area (Å²) in [7, 11) is 0. The average molecular weight is 432 g/mol. The van der Waals surface area contributed by atoms with Crippen molar-refractivity contribution in [1.29, 1.82) is 0 Å². The standard InChI is InChI=1S/C17H11ClFN7O2S/c18-12-3-1-2-4-13(12)26-17(28)25(23-24-26)9-14-21-22-16(29-14)15(27)20-11-7-5-10(19)6-8-11/h1-8H,9H2,(H,20,27). The number of tetrazole rings is 1. The minimum absolute atomic E-state index is 0.00915. The zero-order valence-corrected chi connectivity index (χ0v) is 16.1. The van der Waals surface area contributed by atoms with E-state index in [-0.39, 0.29) is 11.6 Å². The van der Waals surface area contributed by atoms with E-state index < -0.39 is 17.4 Å². The first-order valence-electron chi connectivity index (χ1n) is 8.18. The lowest BCUT2D eigenvalue weighted by atomic mass is 10.3. The molecule has 29 heavy (non-hydrogen) atoms. The van der Waals surface area contributed by atoms with E-state index in [9.17, 15) is 14.0 Å². The molecule has 1 amide bonds. The van der Waals surface area contributed by atoms with Crippen molar-refractivity contribution >= 4 is 34.5 Å². The molecule has 0 bridgehead atoms. The number of carbonyl (C=O) groups excluding carboxylic acids is 1. The molecular weight excluding hydrogens is 421 g/mol. The Labute approximate surface area is 171 Å². The lowest BCUT2D eigenvalue weighted by molar-refractivity contribution is 0.102. The molecule has 0 unspecified atom stereocenters. The highest BCUT2D eigenvalue weighted by molar-refractivity contribution is 7.13. The normalized spacial score (nSPS) is 10.8. The van der Waals surface area contributed by atoms with Crippen LogP contribution in [0.1, 0.15) is 14.8 Å². The number of benzene rings is 2. The van der Waals surface area contributed by atoms with E-state index in [1.165, 1.54) is 24.3 Å². The number of carbonyl (C=O) groups is 1. The fraction of sp³-hybridized carbons (Fsp3) is 0.0588. The SMILES string of the molecule is O=C(Nc1ccc(F)cc1)c1nnc(Cn2nnn(-c3ccccc3Cl)c2=O)s1. The number of hydrogen-bond donors (Lipinski definition) is 1. The first-order chi connectivity index (χ1) is 14.0. The van der Waals surface area contributed by atoms with Crippen LogP contribution < -0.4 is 11.0 Å². The molecular formula is C17H11ClFN7O2S. The monoisotopic (exact) mass is 431 g/mol. The number of para-hydroxylation sites is 1. The Morgan fingerprint density at radius 3 is 2.62 bits per heavy atom. The van der Waals surface area contributed by atoms with Crippen LogP contribution >= 0.6 is 22.9 Å². The number of rotatable bonds is 5. The summed E-state index contributed by atoms with van der Waals surface area (Å²) < 4.78 is 15.1. The summed E-state index contributed by atoms with van der Waals surface area (Å²) in [5, 5.41) is 18.8. The van der Waals surface area contributed by atoms with E-state index in [0.717, 1.165) is 20.7 Å². The van der Waals surface area contributed by atoms with Gasteiger partial charge in [-0.15, -0.1) is 10.2 Å². The Balaban J connectivity index is 1.50. The molecule has 0 aliphatic rings. The van der Waals surface area contributed by atoms with Gasteiger partial charge in [0.05, 0.1) is 10.7 Å². The molecule has 2 aromatic carbocycles. The predicted octanol–water partition coefficient (Wildman–Crippen LogP) is 2.37. The Morgan fingerprint density at radius 1 is 1.10 bits per heavy atom. The van der Waals surface area contributed by atoms with E-state index in [4.69, 9.17) is 11.6 Å². The number of nitrogens with zero attached hydrogens (tertiary/aromatic N) is 6. The van der Waals surface area contributed by atoms with Gasteiger partial charge >= 0.3 is 5.69 Å². The molecule has 0 atom stereocenters. The van der Waals surface area contributed by atoms with Crippen LogP contribution in [-0.2, 0) is 6.54 Å². The maximum absolute atomic E-state index is 12.9. The minimum atomic E-state index is -0.509. The number of halogens is 2. The van der Waals surface area contributed by atoms with Gasteiger partial charge < -0.3 is 5.32 Å². The summed E-state index contributed by atoms with van der Waals surface area (Å²) in [4.78, 5) is 24.8. The Kier molecular flexibility index (Phi) is 5.14. The molecule has 0 saturated carbocycles. The van der Waals surface area contributed by atoms with Gasteiger partial charge in [0, 0.05) is 5.69 Å². The topological polar surface area (TPSA) is 108 Å². The first kappa shape index (κ1) is 18.9. The molecule has 0 radical (unpaired) electrons. The minimum Gasteiger partial charge on any atom is -0.320 e. The highest BCUT2D eigenvalue weighted by Gasteiger charge is 2.16. The van der Waals surface area contributed by atoms with E-state index >= 15 is 0 Å². The van der Waals surface area contributed by atoms with E-state index in [1.807, 2.05) is 0 Å². The van der Waals surface area contributed by atoms with Crippen molar-refractivity contribution in [2.75, 3.05) is 5.32 Å². The number of nitrogens with one attached hydrogen (secondary N) is 1. The summed E-state index contributed by atoms with van der Waals surface area (Å²) in [6.45, 7) is -0.00915. The van der Waals surface area contributed by atoms with Crippen LogP contribution in [-0.4, -0.2) is 35.9 Å². The molecule has 9 nitrogen and oxygen atoms in total. The Bertz CT molecular complexity index is 1240. The highest BCUT2D eigenvalue weighted by Crippen LogP contribution is 2.17. The molecule has 146 valence electrons. The fourth-order valence-corrected chi connectivity index (χ4v) is 3.34. The number of hydrogen-bond acceptors (Lipinski definition) is 7. The van der Waals surface area contributed by atoms with Gasteiger partial charge in [0.1, 0.15) is 17.4 Å². The van der Waals surface area contributed by atoms with E-state index in [0.29, 0.717) is 21.4 Å². The van der Waals surface area contributed by atoms with Gasteiger partial charge in [-0.05, 0) is 46.8 Å². The summed E-state index contributed by atoms with van der Waals surface area (Å²) in [6.07, 6.45) is 0. The molecule has 4 rings (SSSR count). The maximum atomic E-state index is 12.9. The molecule has 1 N–H and O–H groups in total. The van der Waals surface area contributed by atoms with Crippen molar-refractivity contribution < 1.29 is 9.18 Å². The van der Waals surface area contributed by atoms with Gasteiger partial charge in [-0.1, -0.05) is 35.1 Å². The zero-order chi connectivity index (χ0) is 20.4. The zero-order valence-electron chi connectivity index (χ0n) is 14.5. The van der Waals surface area contributed by atoms with Crippen LogP contribution in [0.4, 0.5) is 10.1 Å². The summed E-state index contributed by atoms with van der Waals surface area (Å²) in [5.41, 5.74) is 0.319. The van der Waals surface area contributed by atoms with Crippen molar-refractivity contribution in [2.24, 2.45) is 0 Å². The van der Waals surface area contributed by atoms with Crippen molar-refractivity contribution in [1.82, 2.24) is 30.0 Å². The Morgan fingerprint density at radius 2 is 1.86 bits per heavy atom. The first-order valence-corrected chi connectivity index (χ1v) is 9.38. The van der Waals surface area contributed by atoms with Gasteiger partial charge in [-0.3, -0.25) is 4.79 Å². The molecule has 0 saturated heterocycles. The van der Waals surface area contributed by atoms with E-state index in [2.05, 4.69) is 25.9 Å². The van der Waals surface area contributed by atoms with Crippen molar-refractivity contribution in [3.8, 4) is 5.69 Å². The molecule has 12 heteroatoms. The summed E-state index contributed by atoms with van der Waals surface area (Å²) in [6, 6.07) is 12.1. The smallest absolute Gasteiger partial charge is 0.320 e. The molecule has 0 aliphatic carbocycles. The van der Waals surface area contributed by atoms with Crippen LogP contribution in [0.15, 0.2) is 53.3 Å². The average Bonchev–Trinajstić information content (AvgIpc) is 3.32. The lowest BCUT2D eigenvalue weighted by Gasteiger charge is -2.01. The summed E-state index contributed by atoms with van der Waals surface area (Å²) in [5.74, 6) is -0.899. The molecule has 0 fully saturated rings. The quantitative estimate of drug-likeness (QED) is 0.519. The van der Waals surface area contributed by atoms with Gasteiger partial charge in [0.25, 0.3) is 5.91 Å². The van der Waals surface area contributed by atoms with Crippen LogP contribution in [0.3, 0.4) is 0 Å². The third kappa shape index (κ3) is 4.05. The Hall–Kier alpha value is -3.44. The predicted molar refractivity (Wildman–Crippen MR) is 104 cm³/mol. The van der Waals surface area contributed by atoms with Crippen LogP contribution in [0, 0.1) is 5.82 Å². The molecule has 0 aliphatic heterocycles. The second-order valence-corrected chi connectivity index (χ2v) is 7.21. The second-order valence-electron chi connectivity index (χ2n) is 5.74. The summed E-state index contributed by atoms with van der Waals surface area (Å²) >= 11 is 7.10. The van der Waals surface area contributed by atoms with Crippen LogP contribution in [0.25, 0.3) is 5.69 Å². The second kappa shape index (κ2) is 7.89. The van der Waals surface area contributed by atoms with Crippen molar-refractivity contribution in [3.63, 3.8) is 0 Å². The third-order valence-electron chi connectivity index (χ3n) is 3.77. The van der Waals surface area contributed by atoms with Gasteiger partial charge in [-0.2, -0.15) is 9.36 Å². The number of amides is 1. The van der Waals surface area contributed by atoms with Gasteiger partial charge in [-0.25, -0.2) is 9.18 Å². The lowest BCUT2D eigenvalue weighted by Crippen LogP contribution is -2.24. The molecule has 2 aromatic heterocycles. The van der Waals surface area contributed by atoms with Crippen LogP contribution in [0.5, 0.6) is 0 Å². The largest absolute Gasteiger partial charge is 0.368 e. The molecule has 0 spiro atoms. The van der Waals surface area contributed by atoms with Crippen molar-refractivity contribution in [2.45, 2.75) is 6.54 Å². The van der Waals surface area contributed by atoms with Crippen molar-refractivity contribution in [3.05, 3.63) is 79.9 Å². The number of anilines is 1. The maximum Gasteiger partial charge on any atom is 0.368 e. The third-order valence-corrected chi connectivity index (χ3v) is 4.99. The fourth-order valence-electron chi connectivity index (χ4n) is 2.40. The highest BCUT2D eigenvalue weighted by atomic mass is 35.5. The number of aromatic nitrogens is 6. The molecule has 2 heterocycles. The van der Waals surface area contributed by atoms with E-state index in [1.54, 1.807) is 24.3 Å². The van der Waals surface area contributed by atoms with Crippen LogP contribution in [0.2, 0.25) is 5.02 Å². The molecule has 4 aromatic rings. The van der Waals surface area contributed by atoms with Gasteiger partial charge in [0.2, 0.25) is 5.01 Å². The van der Waals surface area contributed by atoms with Gasteiger partial charge in [0.15, 0.2) is 0 Å².